The lowest BCUT2D eigenvalue weighted by Crippen LogP contribution is -2.47. The van der Waals surface area contributed by atoms with Gasteiger partial charge in [0.2, 0.25) is 0 Å². The molecule has 2 unspecified atom stereocenters. The first-order chi connectivity index (χ1) is 11.2. The van der Waals surface area contributed by atoms with Gasteiger partial charge in [-0.25, -0.2) is 0 Å². The standard InChI is InChI=1S/C18H28N4O/c1-13(22(3)15-8-9-15)11-20-18(19-2)21-12-16-10-14-6-4-5-7-17(14)23-16/h4-7,13,15-16H,8-12H2,1-3H3,(H2,19,20,21). The molecule has 0 amide bonds. The van der Waals surface area contributed by atoms with Crippen molar-refractivity contribution in [1.82, 2.24) is 15.5 Å². The van der Waals surface area contributed by atoms with Gasteiger partial charge in [0.15, 0.2) is 5.96 Å². The molecule has 1 heterocycles. The van der Waals surface area contributed by atoms with Gasteiger partial charge >= 0.3 is 0 Å². The number of hydrogen-bond donors (Lipinski definition) is 2. The summed E-state index contributed by atoms with van der Waals surface area (Å²) in [5.41, 5.74) is 1.29. The average molecular weight is 316 g/mol. The number of aliphatic imine (C=N–C) groups is 1. The van der Waals surface area contributed by atoms with Crippen molar-refractivity contribution >= 4 is 5.96 Å². The number of guanidine groups is 1. The molecule has 0 aromatic heterocycles. The van der Waals surface area contributed by atoms with Crippen LogP contribution in [0.15, 0.2) is 29.3 Å². The molecule has 5 nitrogen and oxygen atoms in total. The van der Waals surface area contributed by atoms with Gasteiger partial charge in [0.1, 0.15) is 11.9 Å². The second-order valence-corrected chi connectivity index (χ2v) is 6.63. The van der Waals surface area contributed by atoms with Crippen LogP contribution < -0.4 is 15.4 Å². The number of rotatable bonds is 6. The van der Waals surface area contributed by atoms with Gasteiger partial charge in [-0.2, -0.15) is 0 Å². The maximum Gasteiger partial charge on any atom is 0.191 e. The van der Waals surface area contributed by atoms with Crippen LogP contribution in [0.25, 0.3) is 0 Å². The lowest BCUT2D eigenvalue weighted by molar-refractivity contribution is 0.233. The molecule has 1 fully saturated rings. The van der Waals surface area contributed by atoms with E-state index >= 15 is 0 Å². The fraction of sp³-hybridized carbons (Fsp3) is 0.611. The van der Waals surface area contributed by atoms with Crippen molar-refractivity contribution in [1.29, 1.82) is 0 Å². The summed E-state index contributed by atoms with van der Waals surface area (Å²) in [6.07, 6.45) is 3.82. The summed E-state index contributed by atoms with van der Waals surface area (Å²) in [6.45, 7) is 3.93. The van der Waals surface area contributed by atoms with E-state index < -0.39 is 0 Å². The smallest absolute Gasteiger partial charge is 0.191 e. The molecule has 1 aromatic rings. The highest BCUT2D eigenvalue weighted by atomic mass is 16.5. The highest BCUT2D eigenvalue weighted by Gasteiger charge is 2.29. The van der Waals surface area contributed by atoms with Gasteiger partial charge in [0.25, 0.3) is 0 Å². The van der Waals surface area contributed by atoms with Crippen LogP contribution in [0.4, 0.5) is 0 Å². The normalized spacial score (nSPS) is 21.7. The Morgan fingerprint density at radius 1 is 1.35 bits per heavy atom. The third kappa shape index (κ3) is 4.16. The maximum atomic E-state index is 5.95. The topological polar surface area (TPSA) is 48.9 Å². The van der Waals surface area contributed by atoms with Crippen LogP contribution in [0.5, 0.6) is 5.75 Å². The molecule has 0 radical (unpaired) electrons. The lowest BCUT2D eigenvalue weighted by atomic mass is 10.1. The second kappa shape index (κ2) is 7.21. The van der Waals surface area contributed by atoms with Crippen molar-refractivity contribution in [2.24, 2.45) is 4.99 Å². The van der Waals surface area contributed by atoms with E-state index in [1.165, 1.54) is 18.4 Å². The highest BCUT2D eigenvalue weighted by molar-refractivity contribution is 5.79. The molecule has 3 rings (SSSR count). The molecule has 1 saturated carbocycles. The van der Waals surface area contributed by atoms with E-state index in [-0.39, 0.29) is 6.10 Å². The summed E-state index contributed by atoms with van der Waals surface area (Å²) in [5, 5.41) is 6.80. The van der Waals surface area contributed by atoms with E-state index in [4.69, 9.17) is 4.74 Å². The Morgan fingerprint density at radius 3 is 2.83 bits per heavy atom. The Balaban J connectivity index is 1.40. The molecule has 1 aliphatic carbocycles. The van der Waals surface area contributed by atoms with Crippen LogP contribution in [0.1, 0.15) is 25.3 Å². The first kappa shape index (κ1) is 16.1. The van der Waals surface area contributed by atoms with Gasteiger partial charge in [0, 0.05) is 32.1 Å². The summed E-state index contributed by atoms with van der Waals surface area (Å²) in [7, 11) is 4.03. The summed E-state index contributed by atoms with van der Waals surface area (Å²) < 4.78 is 5.95. The first-order valence-corrected chi connectivity index (χ1v) is 8.58. The van der Waals surface area contributed by atoms with Crippen LogP contribution in [-0.4, -0.2) is 56.2 Å². The zero-order chi connectivity index (χ0) is 16.2. The molecule has 0 spiro atoms. The van der Waals surface area contributed by atoms with E-state index in [0.29, 0.717) is 6.04 Å². The number of benzene rings is 1. The van der Waals surface area contributed by atoms with Crippen LogP contribution >= 0.6 is 0 Å². The molecule has 1 aliphatic heterocycles. The van der Waals surface area contributed by atoms with Crippen molar-refractivity contribution in [3.05, 3.63) is 29.8 Å². The van der Waals surface area contributed by atoms with Crippen molar-refractivity contribution < 1.29 is 4.74 Å². The summed E-state index contributed by atoms with van der Waals surface area (Å²) in [6, 6.07) is 9.55. The summed E-state index contributed by atoms with van der Waals surface area (Å²) in [4.78, 5) is 6.77. The number of nitrogens with one attached hydrogen (secondary N) is 2. The third-order valence-corrected chi connectivity index (χ3v) is 4.82. The van der Waals surface area contributed by atoms with Crippen molar-refractivity contribution in [2.75, 3.05) is 27.2 Å². The molecule has 0 bridgehead atoms. The Hall–Kier alpha value is -1.75. The van der Waals surface area contributed by atoms with Gasteiger partial charge in [0.05, 0.1) is 6.54 Å². The average Bonchev–Trinajstić information content (AvgIpc) is 3.33. The van der Waals surface area contributed by atoms with E-state index in [2.05, 4.69) is 46.6 Å². The van der Waals surface area contributed by atoms with Gasteiger partial charge in [-0.3, -0.25) is 9.89 Å². The number of ether oxygens (including phenoxy) is 1. The van der Waals surface area contributed by atoms with Gasteiger partial charge in [-0.05, 0) is 38.4 Å². The van der Waals surface area contributed by atoms with Crippen LogP contribution in [0.2, 0.25) is 0 Å². The molecule has 126 valence electrons. The first-order valence-electron chi connectivity index (χ1n) is 8.58. The molecule has 2 atom stereocenters. The lowest BCUT2D eigenvalue weighted by Gasteiger charge is -2.25. The summed E-state index contributed by atoms with van der Waals surface area (Å²) in [5.74, 6) is 1.86. The number of nitrogens with zero attached hydrogens (tertiary/aromatic N) is 2. The summed E-state index contributed by atoms with van der Waals surface area (Å²) >= 11 is 0. The van der Waals surface area contributed by atoms with Crippen LogP contribution in [-0.2, 0) is 6.42 Å². The number of para-hydroxylation sites is 1. The number of hydrogen-bond acceptors (Lipinski definition) is 3. The Bertz CT molecular complexity index is 531. The van der Waals surface area contributed by atoms with E-state index in [9.17, 15) is 0 Å². The minimum absolute atomic E-state index is 0.178. The Labute approximate surface area is 139 Å². The minimum Gasteiger partial charge on any atom is -0.488 e. The largest absolute Gasteiger partial charge is 0.488 e. The monoisotopic (exact) mass is 316 g/mol. The molecular weight excluding hydrogens is 288 g/mol. The fourth-order valence-electron chi connectivity index (χ4n) is 3.03. The van der Waals surface area contributed by atoms with Crippen molar-refractivity contribution in [2.45, 2.75) is 44.4 Å². The van der Waals surface area contributed by atoms with E-state index in [1.807, 2.05) is 19.2 Å². The van der Waals surface area contributed by atoms with E-state index in [0.717, 1.165) is 37.3 Å². The van der Waals surface area contributed by atoms with Crippen LogP contribution in [0.3, 0.4) is 0 Å². The second-order valence-electron chi connectivity index (χ2n) is 6.63. The molecule has 2 aliphatic rings. The van der Waals surface area contributed by atoms with Crippen molar-refractivity contribution in [3.63, 3.8) is 0 Å². The third-order valence-electron chi connectivity index (χ3n) is 4.82. The SMILES string of the molecule is CN=C(NCC1Cc2ccccc2O1)NCC(C)N(C)C1CC1. The predicted molar refractivity (Wildman–Crippen MR) is 94.2 cm³/mol. The zero-order valence-corrected chi connectivity index (χ0v) is 14.4. The van der Waals surface area contributed by atoms with Crippen molar-refractivity contribution in [3.8, 4) is 5.75 Å². The molecule has 1 aromatic carbocycles. The fourth-order valence-corrected chi connectivity index (χ4v) is 3.03. The van der Waals surface area contributed by atoms with Gasteiger partial charge < -0.3 is 15.4 Å². The molecule has 0 saturated heterocycles. The Kier molecular flexibility index (Phi) is 5.06. The molecular formula is C18H28N4O. The van der Waals surface area contributed by atoms with Gasteiger partial charge in [-0.15, -0.1) is 0 Å². The molecule has 23 heavy (non-hydrogen) atoms. The van der Waals surface area contributed by atoms with Gasteiger partial charge in [-0.1, -0.05) is 18.2 Å². The quantitative estimate of drug-likeness (QED) is 0.619. The molecule has 5 heteroatoms. The zero-order valence-electron chi connectivity index (χ0n) is 14.4. The Morgan fingerprint density at radius 2 is 2.13 bits per heavy atom. The van der Waals surface area contributed by atoms with E-state index in [1.54, 1.807) is 0 Å². The van der Waals surface area contributed by atoms with Crippen LogP contribution in [0, 0.1) is 0 Å². The molecule has 2 N–H and O–H groups in total. The maximum absolute atomic E-state index is 5.95. The number of fused-ring (bicyclic) bond motifs is 1. The minimum atomic E-state index is 0.178. The predicted octanol–water partition coefficient (Wildman–Crippen LogP) is 1.64. The number of likely N-dealkylation sites (N-methyl/N-ethyl adjacent to an activating group) is 1. The highest BCUT2D eigenvalue weighted by Crippen LogP contribution is 2.28.